The first kappa shape index (κ1) is 24.5. The molecule has 3 aromatic heterocycles. The Morgan fingerprint density at radius 2 is 1.87 bits per heavy atom. The number of benzene rings is 2. The van der Waals surface area contributed by atoms with E-state index < -0.39 is 11.8 Å². The predicted octanol–water partition coefficient (Wildman–Crippen LogP) is 6.20. The van der Waals surface area contributed by atoms with E-state index in [4.69, 9.17) is 14.3 Å². The Kier molecular flexibility index (Phi) is 6.50. The van der Waals surface area contributed by atoms with Crippen molar-refractivity contribution in [3.8, 4) is 23.2 Å². The lowest BCUT2D eigenvalue weighted by Crippen LogP contribution is -2.08. The van der Waals surface area contributed by atoms with Gasteiger partial charge in [0.2, 0.25) is 5.78 Å². The number of nitriles is 1. The van der Waals surface area contributed by atoms with E-state index in [0.717, 1.165) is 11.1 Å². The number of hydrogen-bond donors (Lipinski definition) is 1. The lowest BCUT2D eigenvalue weighted by atomic mass is 10.0. The number of fused-ring (bicyclic) bond motifs is 1. The Labute approximate surface area is 218 Å². The van der Waals surface area contributed by atoms with E-state index in [9.17, 15) is 14.9 Å². The molecule has 3 heterocycles. The summed E-state index contributed by atoms with van der Waals surface area (Å²) in [6, 6.07) is 21.0. The van der Waals surface area contributed by atoms with Gasteiger partial charge in [0, 0.05) is 22.8 Å². The summed E-state index contributed by atoms with van der Waals surface area (Å²) in [7, 11) is 0. The zero-order valence-corrected chi connectivity index (χ0v) is 21.1. The van der Waals surface area contributed by atoms with Crippen LogP contribution in [0.5, 0.6) is 0 Å². The van der Waals surface area contributed by atoms with E-state index in [-0.39, 0.29) is 17.9 Å². The Hall–Kier alpha value is -5.16. The van der Waals surface area contributed by atoms with Crippen LogP contribution in [0.4, 0.5) is 0 Å². The molecule has 38 heavy (non-hydrogen) atoms. The van der Waals surface area contributed by atoms with Crippen LogP contribution in [-0.4, -0.2) is 33.1 Å². The van der Waals surface area contributed by atoms with Crippen molar-refractivity contribution >= 4 is 28.8 Å². The number of furan rings is 1. The van der Waals surface area contributed by atoms with Crippen molar-refractivity contribution in [2.75, 3.05) is 6.61 Å². The highest BCUT2D eigenvalue weighted by atomic mass is 16.5. The third kappa shape index (κ3) is 4.42. The normalized spacial score (nSPS) is 11.5. The van der Waals surface area contributed by atoms with Gasteiger partial charge in [0.05, 0.1) is 23.6 Å². The van der Waals surface area contributed by atoms with Gasteiger partial charge in [-0.2, -0.15) is 10.4 Å². The number of allylic oxidation sites excluding steroid dienone is 1. The van der Waals surface area contributed by atoms with Crippen molar-refractivity contribution in [3.05, 3.63) is 101 Å². The molecular formula is C30H24N4O4. The molecule has 0 saturated carbocycles. The standard InChI is InChI=1S/C30H24N4O4/c1-4-37-30(36)26-18(2)27(32-19(26)3)29(35)21(16-31)14-22-17-34(23-11-6-5-7-12-23)33-28(22)25-15-20-10-8-9-13-24(20)38-25/h5-15,17,32H,4H2,1-3H3. The number of H-pyrrole nitrogens is 1. The first-order valence-electron chi connectivity index (χ1n) is 12.1. The van der Waals surface area contributed by atoms with E-state index in [1.807, 2.05) is 66.7 Å². The van der Waals surface area contributed by atoms with Gasteiger partial charge >= 0.3 is 5.97 Å². The molecule has 2 aromatic carbocycles. The summed E-state index contributed by atoms with van der Waals surface area (Å²) in [5, 5.41) is 15.6. The van der Waals surface area contributed by atoms with E-state index >= 15 is 0 Å². The Morgan fingerprint density at radius 1 is 1.13 bits per heavy atom. The van der Waals surface area contributed by atoms with Gasteiger partial charge in [0.15, 0.2) is 5.76 Å². The van der Waals surface area contributed by atoms with Crippen molar-refractivity contribution in [1.29, 1.82) is 5.26 Å². The van der Waals surface area contributed by atoms with Gasteiger partial charge in [-0.25, -0.2) is 9.48 Å². The molecule has 0 spiro atoms. The molecule has 0 aliphatic rings. The number of aryl methyl sites for hydroxylation is 1. The third-order valence-corrected chi connectivity index (χ3v) is 6.23. The first-order chi connectivity index (χ1) is 18.4. The molecule has 0 amide bonds. The smallest absolute Gasteiger partial charge is 0.340 e. The minimum absolute atomic E-state index is 0.116. The van der Waals surface area contributed by atoms with Crippen molar-refractivity contribution in [2.24, 2.45) is 0 Å². The van der Waals surface area contributed by atoms with E-state index in [2.05, 4.69) is 4.98 Å². The maximum absolute atomic E-state index is 13.5. The number of aromatic amines is 1. The molecule has 8 heteroatoms. The topological polar surface area (TPSA) is 114 Å². The fraction of sp³-hybridized carbons (Fsp3) is 0.133. The number of ketones is 1. The summed E-state index contributed by atoms with van der Waals surface area (Å²) in [6.07, 6.45) is 3.25. The molecule has 188 valence electrons. The number of nitrogens with one attached hydrogen (secondary N) is 1. The van der Waals surface area contributed by atoms with Crippen molar-refractivity contribution in [1.82, 2.24) is 14.8 Å². The fourth-order valence-electron chi connectivity index (χ4n) is 4.42. The van der Waals surface area contributed by atoms with E-state index in [1.165, 1.54) is 6.08 Å². The minimum atomic E-state index is -0.535. The van der Waals surface area contributed by atoms with Crippen LogP contribution in [0.2, 0.25) is 0 Å². The van der Waals surface area contributed by atoms with Crippen LogP contribution in [0, 0.1) is 25.2 Å². The van der Waals surface area contributed by atoms with Gasteiger partial charge < -0.3 is 14.1 Å². The fourth-order valence-corrected chi connectivity index (χ4v) is 4.42. The average molecular weight is 505 g/mol. The van der Waals surface area contributed by atoms with Crippen molar-refractivity contribution in [2.45, 2.75) is 20.8 Å². The quantitative estimate of drug-likeness (QED) is 0.122. The number of nitrogens with zero attached hydrogens (tertiary/aromatic N) is 3. The summed E-state index contributed by atoms with van der Waals surface area (Å²) >= 11 is 0. The largest absolute Gasteiger partial charge is 0.462 e. The van der Waals surface area contributed by atoms with Crippen molar-refractivity contribution < 1.29 is 18.7 Å². The molecule has 8 nitrogen and oxygen atoms in total. The van der Waals surface area contributed by atoms with Crippen LogP contribution in [0.15, 0.2) is 76.9 Å². The lowest BCUT2D eigenvalue weighted by Gasteiger charge is -2.02. The lowest BCUT2D eigenvalue weighted by molar-refractivity contribution is 0.0525. The number of rotatable bonds is 7. The van der Waals surface area contributed by atoms with Gasteiger partial charge in [-0.05, 0) is 56.7 Å². The van der Waals surface area contributed by atoms with Crippen LogP contribution in [0.3, 0.4) is 0 Å². The van der Waals surface area contributed by atoms with Crippen LogP contribution in [0.25, 0.3) is 34.2 Å². The summed E-state index contributed by atoms with van der Waals surface area (Å²) in [6.45, 7) is 5.28. The molecular weight excluding hydrogens is 480 g/mol. The Morgan fingerprint density at radius 3 is 2.58 bits per heavy atom. The SMILES string of the molecule is CCOC(=O)c1c(C)[nH]c(C(=O)C(C#N)=Cc2cn(-c3ccccc3)nc2-c2cc3ccccc3o2)c1C. The molecule has 0 aliphatic heterocycles. The molecule has 0 saturated heterocycles. The number of esters is 1. The van der Waals surface area contributed by atoms with Crippen LogP contribution in [0.1, 0.15) is 44.6 Å². The number of Topliss-reactive ketones (excluding diaryl/α,β-unsaturated/α-hetero) is 1. The van der Waals surface area contributed by atoms with Crippen LogP contribution < -0.4 is 0 Å². The Bertz CT molecular complexity index is 1710. The summed E-state index contributed by atoms with van der Waals surface area (Å²) < 4.78 is 12.9. The van der Waals surface area contributed by atoms with Gasteiger partial charge in [-0.1, -0.05) is 36.4 Å². The van der Waals surface area contributed by atoms with Crippen LogP contribution in [-0.2, 0) is 4.74 Å². The number of carbonyl (C=O) groups excluding carboxylic acids is 2. The molecule has 0 unspecified atom stereocenters. The maximum atomic E-state index is 13.5. The average Bonchev–Trinajstić information content (AvgIpc) is 3.62. The number of hydrogen-bond acceptors (Lipinski definition) is 6. The maximum Gasteiger partial charge on any atom is 0.340 e. The summed E-state index contributed by atoms with van der Waals surface area (Å²) in [5.41, 5.74) is 3.81. The number of aromatic nitrogens is 3. The van der Waals surface area contributed by atoms with Crippen molar-refractivity contribution in [3.63, 3.8) is 0 Å². The minimum Gasteiger partial charge on any atom is -0.462 e. The predicted molar refractivity (Wildman–Crippen MR) is 143 cm³/mol. The Balaban J connectivity index is 1.62. The second kappa shape index (κ2) is 10.1. The summed E-state index contributed by atoms with van der Waals surface area (Å²) in [4.78, 5) is 28.9. The van der Waals surface area contributed by atoms with Gasteiger partial charge in [-0.15, -0.1) is 0 Å². The molecule has 5 aromatic rings. The molecule has 5 rings (SSSR count). The van der Waals surface area contributed by atoms with Gasteiger partial charge in [-0.3, -0.25) is 4.79 Å². The summed E-state index contributed by atoms with van der Waals surface area (Å²) in [5.74, 6) is -0.545. The van der Waals surface area contributed by atoms with E-state index in [1.54, 1.807) is 31.6 Å². The second-order valence-electron chi connectivity index (χ2n) is 8.71. The number of para-hydroxylation sites is 2. The zero-order chi connectivity index (χ0) is 26.8. The molecule has 0 fully saturated rings. The number of carbonyl (C=O) groups is 2. The highest BCUT2D eigenvalue weighted by molar-refractivity contribution is 6.15. The highest BCUT2D eigenvalue weighted by Crippen LogP contribution is 2.31. The first-order valence-corrected chi connectivity index (χ1v) is 12.1. The third-order valence-electron chi connectivity index (χ3n) is 6.23. The molecule has 0 radical (unpaired) electrons. The molecule has 0 bridgehead atoms. The zero-order valence-electron chi connectivity index (χ0n) is 21.1. The molecule has 0 atom stereocenters. The molecule has 0 aliphatic carbocycles. The van der Waals surface area contributed by atoms with Gasteiger partial charge in [0.25, 0.3) is 0 Å². The molecule has 1 N–H and O–H groups in total. The monoisotopic (exact) mass is 504 g/mol. The second-order valence-corrected chi connectivity index (χ2v) is 8.71. The van der Waals surface area contributed by atoms with Gasteiger partial charge in [0.1, 0.15) is 22.9 Å². The number of ether oxygens (including phenoxy) is 1. The van der Waals surface area contributed by atoms with E-state index in [0.29, 0.717) is 39.4 Å². The van der Waals surface area contributed by atoms with Crippen LogP contribution >= 0.6 is 0 Å². The highest BCUT2D eigenvalue weighted by Gasteiger charge is 2.25.